The summed E-state index contributed by atoms with van der Waals surface area (Å²) in [7, 11) is 0. The van der Waals surface area contributed by atoms with E-state index in [9.17, 15) is 0 Å². The van der Waals surface area contributed by atoms with Crippen molar-refractivity contribution in [3.8, 4) is 0 Å². The minimum absolute atomic E-state index is 0. The summed E-state index contributed by atoms with van der Waals surface area (Å²) >= 11 is 11.8. The number of hydrogen-bond donors (Lipinski definition) is 0. The average Bonchev–Trinajstić information content (AvgIpc) is 2.70. The van der Waals surface area contributed by atoms with Crippen molar-refractivity contribution in [3.63, 3.8) is 0 Å². The molecule has 2 aromatic rings. The zero-order valence-corrected chi connectivity index (χ0v) is 29.2. The smallest absolute Gasteiger partial charge is 0.0146 e. The molecular weight excluding hydrogens is 785 g/mol. The topological polar surface area (TPSA) is 0 Å². The van der Waals surface area contributed by atoms with Crippen molar-refractivity contribution in [2.24, 2.45) is 0 Å². The van der Waals surface area contributed by atoms with Crippen molar-refractivity contribution in [2.45, 2.75) is 109 Å². The van der Waals surface area contributed by atoms with Crippen molar-refractivity contribution in [2.75, 3.05) is 0 Å². The summed E-state index contributed by atoms with van der Waals surface area (Å²) in [5, 5.41) is 0.279. The molecule has 0 aliphatic rings. The van der Waals surface area contributed by atoms with E-state index in [-0.39, 0.29) is 67.6 Å². The van der Waals surface area contributed by atoms with Crippen LogP contribution < -0.4 is 0 Å². The van der Waals surface area contributed by atoms with Gasteiger partial charge < -0.3 is 25.3 Å². The van der Waals surface area contributed by atoms with Gasteiger partial charge in [0.1, 0.15) is 0 Å². The fourth-order valence-electron chi connectivity index (χ4n) is 4.41. The monoisotopic (exact) mass is 828 g/mol. The Morgan fingerprint density at radius 2 is 0.909 bits per heavy atom. The van der Waals surface area contributed by atoms with Crippen LogP contribution in [0.4, 0.5) is 0 Å². The Morgan fingerprint density at radius 3 is 1.15 bits per heavy atom. The molecule has 0 heterocycles. The van der Waals surface area contributed by atoms with Crippen LogP contribution in [0, 0.1) is 0 Å². The van der Waals surface area contributed by atoms with Crippen LogP contribution in [0.5, 0.6) is 0 Å². The molecule has 4 heteroatoms. The molecule has 2 unspecified atom stereocenters. The second-order valence-electron chi connectivity index (χ2n) is 11.5. The molecule has 0 aliphatic heterocycles. The Labute approximate surface area is 243 Å². The molecule has 0 nitrogen and oxygen atoms in total. The van der Waals surface area contributed by atoms with Crippen LogP contribution in [0.15, 0.2) is 36.4 Å². The predicted octanol–water partition coefficient (Wildman–Crippen LogP) is 8.60. The Balaban J connectivity index is 0.00000512. The molecule has 186 valence electrons. The van der Waals surface area contributed by atoms with Gasteiger partial charge in [0, 0.05) is 46.3 Å². The third-order valence-electron chi connectivity index (χ3n) is 6.60. The summed E-state index contributed by atoms with van der Waals surface area (Å²) in [4.78, 5) is 0. The molecule has 33 heavy (non-hydrogen) atoms. The molecule has 2 radical (unpaired) electrons. The van der Waals surface area contributed by atoms with Crippen LogP contribution in [0.1, 0.15) is 126 Å². The van der Waals surface area contributed by atoms with Crippen LogP contribution in [0.3, 0.4) is 0 Å². The van der Waals surface area contributed by atoms with Crippen molar-refractivity contribution in [3.05, 3.63) is 69.8 Å². The predicted molar refractivity (Wildman–Crippen MR) is 143 cm³/mol. The van der Waals surface area contributed by atoms with Gasteiger partial charge in [-0.15, -0.1) is 10.5 Å². The first-order valence-corrected chi connectivity index (χ1v) is 12.7. The van der Waals surface area contributed by atoms with Gasteiger partial charge >= 0.3 is 0 Å². The Kier molecular flexibility index (Phi) is 12.8. The molecule has 0 aromatic heterocycles. The van der Waals surface area contributed by atoms with Gasteiger partial charge in [0.05, 0.1) is 0 Å². The standard InChI is InChI=1S/C29H44S2.2Re/c1-11-25(30)21-17-19(13-15-23(21)27(3,4)5)29(9,10)20-14-16-24(28(6,7)8)22(18-20)26(31)12-2;;/h13-18,25-26,30-31H,11-12H2,1-10H3;;/p-2. The zero-order valence-electron chi connectivity index (χ0n) is 22.1. The molecule has 0 saturated heterocycles. The maximum absolute atomic E-state index is 5.88. The van der Waals surface area contributed by atoms with Gasteiger partial charge in [-0.05, 0) is 33.1 Å². The molecule has 0 N–H and O–H groups in total. The Hall–Kier alpha value is 0.465. The van der Waals surface area contributed by atoms with Gasteiger partial charge in [0.25, 0.3) is 0 Å². The minimum Gasteiger partial charge on any atom is -0.785 e. The quantitative estimate of drug-likeness (QED) is 0.268. The Morgan fingerprint density at radius 1 is 0.606 bits per heavy atom. The maximum Gasteiger partial charge on any atom is 0.0146 e. The fraction of sp³-hybridized carbons (Fsp3) is 0.586. The van der Waals surface area contributed by atoms with Crippen molar-refractivity contribution >= 4 is 25.3 Å². The van der Waals surface area contributed by atoms with E-state index in [0.717, 1.165) is 12.8 Å². The third kappa shape index (κ3) is 7.72. The van der Waals surface area contributed by atoms with Crippen molar-refractivity contribution < 1.29 is 40.8 Å². The number of rotatable bonds is 6. The van der Waals surface area contributed by atoms with Crippen LogP contribution in [-0.2, 0) is 82.3 Å². The van der Waals surface area contributed by atoms with E-state index in [1.54, 1.807) is 0 Å². The van der Waals surface area contributed by atoms with E-state index in [4.69, 9.17) is 25.3 Å². The third-order valence-corrected chi connectivity index (χ3v) is 7.77. The molecule has 2 rings (SSSR count). The largest absolute Gasteiger partial charge is 0.785 e. The molecule has 0 aliphatic carbocycles. The molecule has 2 atom stereocenters. The van der Waals surface area contributed by atoms with Crippen LogP contribution >= 0.6 is 0 Å². The summed E-state index contributed by atoms with van der Waals surface area (Å²) in [6.45, 7) is 22.7. The molecular formula is C29H42Re2S2-2. The van der Waals surface area contributed by atoms with Crippen LogP contribution in [0.2, 0.25) is 0 Å². The minimum atomic E-state index is -0.123. The van der Waals surface area contributed by atoms with E-state index in [2.05, 4.69) is 106 Å². The molecule has 0 fully saturated rings. The first-order chi connectivity index (χ1) is 14.1. The first kappa shape index (κ1) is 33.5. The van der Waals surface area contributed by atoms with Crippen LogP contribution in [-0.4, -0.2) is 0 Å². The Bertz CT molecular complexity index is 831. The maximum atomic E-state index is 5.88. The van der Waals surface area contributed by atoms with Crippen LogP contribution in [0.25, 0.3) is 0 Å². The van der Waals surface area contributed by atoms with Gasteiger partial charge in [0.15, 0.2) is 0 Å². The van der Waals surface area contributed by atoms with Crippen molar-refractivity contribution in [1.82, 2.24) is 0 Å². The fourth-order valence-corrected chi connectivity index (χ4v) is 4.80. The van der Waals surface area contributed by atoms with Gasteiger partial charge in [0.2, 0.25) is 0 Å². The summed E-state index contributed by atoms with van der Waals surface area (Å²) in [6.07, 6.45) is 1.95. The second-order valence-corrected chi connectivity index (χ2v) is 12.7. The molecule has 0 spiro atoms. The van der Waals surface area contributed by atoms with Gasteiger partial charge in [-0.3, -0.25) is 0 Å². The first-order valence-electron chi connectivity index (χ1n) is 11.8. The van der Waals surface area contributed by atoms with Gasteiger partial charge in [-0.25, -0.2) is 0 Å². The number of benzene rings is 2. The summed E-state index contributed by atoms with van der Waals surface area (Å²) in [5.41, 5.74) is 8.07. The average molecular weight is 827 g/mol. The van der Waals surface area contributed by atoms with Gasteiger partial charge in [-0.2, -0.15) is 0 Å². The van der Waals surface area contributed by atoms with E-state index < -0.39 is 0 Å². The molecule has 0 amide bonds. The molecule has 0 bridgehead atoms. The van der Waals surface area contributed by atoms with E-state index in [1.807, 2.05) is 0 Å². The van der Waals surface area contributed by atoms with Gasteiger partial charge in [-0.1, -0.05) is 130 Å². The van der Waals surface area contributed by atoms with E-state index in [1.165, 1.54) is 33.4 Å². The molecule has 0 saturated carbocycles. The summed E-state index contributed by atoms with van der Waals surface area (Å²) in [6, 6.07) is 14.0. The van der Waals surface area contributed by atoms with E-state index >= 15 is 0 Å². The SMILES string of the molecule is CCC([S-])c1cc(C(C)(C)c2ccc(C(C)(C)C)c(C([S-])CC)c2)ccc1C(C)(C)C.[Re].[Re]. The molecule has 2 aromatic carbocycles. The summed E-state index contributed by atoms with van der Waals surface area (Å²) in [5.74, 6) is 0. The zero-order chi connectivity index (χ0) is 23.8. The number of hydrogen-bond acceptors (Lipinski definition) is 2. The van der Waals surface area contributed by atoms with E-state index in [0.29, 0.717) is 0 Å². The normalized spacial score (nSPS) is 14.2. The summed E-state index contributed by atoms with van der Waals surface area (Å²) < 4.78 is 0. The second kappa shape index (κ2) is 12.6. The van der Waals surface area contributed by atoms with Crippen molar-refractivity contribution in [1.29, 1.82) is 0 Å².